The van der Waals surface area contributed by atoms with Crippen LogP contribution in [0.1, 0.15) is 24.9 Å². The first-order valence-corrected chi connectivity index (χ1v) is 8.68. The minimum atomic E-state index is -0.594. The highest BCUT2D eigenvalue weighted by atomic mass is 16.7. The molecule has 1 atom stereocenters. The zero-order valence-corrected chi connectivity index (χ0v) is 15.3. The number of esters is 1. The zero-order chi connectivity index (χ0) is 19.9. The van der Waals surface area contributed by atoms with E-state index in [1.165, 1.54) is 6.92 Å². The molecule has 2 N–H and O–H groups in total. The van der Waals surface area contributed by atoms with Crippen LogP contribution in [0.4, 0.5) is 5.69 Å². The normalized spacial score (nSPS) is 12.8. The molecular formula is C20H20N2O6. The van der Waals surface area contributed by atoms with Crippen molar-refractivity contribution in [3.8, 4) is 11.5 Å². The van der Waals surface area contributed by atoms with Gasteiger partial charge < -0.3 is 24.8 Å². The lowest BCUT2D eigenvalue weighted by Gasteiger charge is -2.17. The van der Waals surface area contributed by atoms with Crippen molar-refractivity contribution in [2.45, 2.75) is 19.4 Å². The van der Waals surface area contributed by atoms with Crippen LogP contribution >= 0.6 is 0 Å². The molecule has 0 unspecified atom stereocenters. The Morgan fingerprint density at radius 1 is 1.07 bits per heavy atom. The predicted octanol–water partition coefficient (Wildman–Crippen LogP) is 2.16. The summed E-state index contributed by atoms with van der Waals surface area (Å²) in [5.41, 5.74) is 1.28. The molecule has 0 aliphatic carbocycles. The fraction of sp³-hybridized carbons (Fsp3) is 0.250. The summed E-state index contributed by atoms with van der Waals surface area (Å²) < 4.78 is 15.5. The van der Waals surface area contributed by atoms with Crippen molar-refractivity contribution >= 4 is 23.5 Å². The fourth-order valence-corrected chi connectivity index (χ4v) is 2.73. The van der Waals surface area contributed by atoms with Crippen LogP contribution in [0.5, 0.6) is 11.5 Å². The second-order valence-electron chi connectivity index (χ2n) is 6.14. The number of amides is 2. The van der Waals surface area contributed by atoms with Crippen molar-refractivity contribution in [2.75, 3.05) is 18.7 Å². The Balaban J connectivity index is 1.51. The number of anilines is 1. The second kappa shape index (κ2) is 8.90. The average molecular weight is 384 g/mol. The van der Waals surface area contributed by atoms with Crippen LogP contribution in [0.3, 0.4) is 0 Å². The van der Waals surface area contributed by atoms with Gasteiger partial charge in [-0.3, -0.25) is 14.4 Å². The summed E-state index contributed by atoms with van der Waals surface area (Å²) in [6.45, 7) is 1.08. The third-order valence-corrected chi connectivity index (χ3v) is 3.97. The van der Waals surface area contributed by atoms with E-state index in [0.29, 0.717) is 17.2 Å². The van der Waals surface area contributed by atoms with Gasteiger partial charge in [0.2, 0.25) is 12.7 Å². The highest BCUT2D eigenvalue weighted by Crippen LogP contribution is 2.34. The highest BCUT2D eigenvalue weighted by Gasteiger charge is 2.19. The Kier molecular flexibility index (Phi) is 6.11. The predicted molar refractivity (Wildman–Crippen MR) is 99.8 cm³/mol. The molecule has 0 saturated heterocycles. The first kappa shape index (κ1) is 19.2. The number of carbonyl (C=O) groups is 3. The van der Waals surface area contributed by atoms with Crippen molar-refractivity contribution in [3.05, 3.63) is 54.1 Å². The number of hydrogen-bond acceptors (Lipinski definition) is 6. The first-order valence-electron chi connectivity index (χ1n) is 8.68. The minimum absolute atomic E-state index is 0.0824. The van der Waals surface area contributed by atoms with E-state index in [9.17, 15) is 14.4 Å². The Hall–Kier alpha value is -3.55. The molecule has 1 aliphatic rings. The monoisotopic (exact) mass is 384 g/mol. The lowest BCUT2D eigenvalue weighted by Crippen LogP contribution is -2.29. The molecule has 2 amide bonds. The maximum Gasteiger partial charge on any atom is 0.308 e. The number of benzene rings is 2. The number of hydrogen-bond donors (Lipinski definition) is 2. The standard InChI is InChI=1S/C20H20N2O6/c1-13(23)21-16(14-5-3-2-4-6-14)10-20(25)26-11-19(24)22-15-7-8-17-18(9-15)28-12-27-17/h2-9,16H,10-12H2,1H3,(H,21,23)(H,22,24)/t16-/m0/s1. The summed E-state index contributed by atoms with van der Waals surface area (Å²) in [6.07, 6.45) is -0.0824. The summed E-state index contributed by atoms with van der Waals surface area (Å²) in [4.78, 5) is 35.6. The fourth-order valence-electron chi connectivity index (χ4n) is 2.73. The van der Waals surface area contributed by atoms with Gasteiger partial charge >= 0.3 is 5.97 Å². The number of fused-ring (bicyclic) bond motifs is 1. The van der Waals surface area contributed by atoms with Crippen LogP contribution < -0.4 is 20.1 Å². The van der Waals surface area contributed by atoms with Gasteiger partial charge in [0.05, 0.1) is 12.5 Å². The van der Waals surface area contributed by atoms with Gasteiger partial charge in [0, 0.05) is 18.7 Å². The molecule has 0 aromatic heterocycles. The van der Waals surface area contributed by atoms with Gasteiger partial charge in [0.1, 0.15) is 0 Å². The Labute approximate surface area is 161 Å². The summed E-state index contributed by atoms with van der Waals surface area (Å²) in [6, 6.07) is 13.5. The topological polar surface area (TPSA) is 103 Å². The Bertz CT molecular complexity index is 868. The molecule has 2 aromatic carbocycles. The van der Waals surface area contributed by atoms with E-state index in [0.717, 1.165) is 5.56 Å². The van der Waals surface area contributed by atoms with Gasteiger partial charge in [-0.05, 0) is 17.7 Å². The average Bonchev–Trinajstić information content (AvgIpc) is 3.14. The number of nitrogens with one attached hydrogen (secondary N) is 2. The maximum absolute atomic E-state index is 12.1. The van der Waals surface area contributed by atoms with Gasteiger partial charge in [-0.2, -0.15) is 0 Å². The molecule has 28 heavy (non-hydrogen) atoms. The van der Waals surface area contributed by atoms with Gasteiger partial charge in [0.15, 0.2) is 18.1 Å². The van der Waals surface area contributed by atoms with Crippen molar-refractivity contribution in [1.82, 2.24) is 5.32 Å². The molecule has 1 heterocycles. The van der Waals surface area contributed by atoms with Crippen LogP contribution in [0.25, 0.3) is 0 Å². The number of rotatable bonds is 7. The van der Waals surface area contributed by atoms with Gasteiger partial charge in [-0.25, -0.2) is 0 Å². The molecule has 2 aromatic rings. The van der Waals surface area contributed by atoms with Crippen LogP contribution in [0, 0.1) is 0 Å². The third-order valence-electron chi connectivity index (χ3n) is 3.97. The molecule has 3 rings (SSSR count). The molecule has 0 fully saturated rings. The van der Waals surface area contributed by atoms with Crippen LogP contribution in [0.15, 0.2) is 48.5 Å². The van der Waals surface area contributed by atoms with E-state index in [4.69, 9.17) is 14.2 Å². The van der Waals surface area contributed by atoms with Crippen molar-refractivity contribution in [1.29, 1.82) is 0 Å². The van der Waals surface area contributed by atoms with E-state index in [1.54, 1.807) is 30.3 Å². The highest BCUT2D eigenvalue weighted by molar-refractivity contribution is 5.93. The van der Waals surface area contributed by atoms with E-state index >= 15 is 0 Å². The molecule has 8 nitrogen and oxygen atoms in total. The summed E-state index contributed by atoms with van der Waals surface area (Å²) in [5, 5.41) is 5.34. The first-order chi connectivity index (χ1) is 13.5. The Morgan fingerprint density at radius 3 is 2.57 bits per heavy atom. The van der Waals surface area contributed by atoms with Crippen LogP contribution in [-0.2, 0) is 19.1 Å². The van der Waals surface area contributed by atoms with E-state index in [2.05, 4.69) is 10.6 Å². The molecule has 1 aliphatic heterocycles. The van der Waals surface area contributed by atoms with E-state index in [-0.39, 0.29) is 19.1 Å². The quantitative estimate of drug-likeness (QED) is 0.709. The molecule has 0 spiro atoms. The van der Waals surface area contributed by atoms with Crippen molar-refractivity contribution in [2.24, 2.45) is 0 Å². The van der Waals surface area contributed by atoms with Gasteiger partial charge in [-0.1, -0.05) is 30.3 Å². The largest absolute Gasteiger partial charge is 0.455 e. The van der Waals surface area contributed by atoms with E-state index < -0.39 is 24.5 Å². The zero-order valence-electron chi connectivity index (χ0n) is 15.3. The summed E-state index contributed by atoms with van der Waals surface area (Å²) >= 11 is 0. The lowest BCUT2D eigenvalue weighted by atomic mass is 10.0. The molecular weight excluding hydrogens is 364 g/mol. The van der Waals surface area contributed by atoms with Crippen molar-refractivity contribution < 1.29 is 28.6 Å². The molecule has 8 heteroatoms. The third kappa shape index (κ3) is 5.23. The summed E-state index contributed by atoms with van der Waals surface area (Å²) in [7, 11) is 0. The van der Waals surface area contributed by atoms with Gasteiger partial charge in [0.25, 0.3) is 5.91 Å². The van der Waals surface area contributed by atoms with Crippen LogP contribution in [0.2, 0.25) is 0 Å². The lowest BCUT2D eigenvalue weighted by molar-refractivity contribution is -0.148. The molecule has 0 radical (unpaired) electrons. The van der Waals surface area contributed by atoms with E-state index in [1.807, 2.05) is 18.2 Å². The summed E-state index contributed by atoms with van der Waals surface area (Å²) in [5.74, 6) is -0.196. The minimum Gasteiger partial charge on any atom is -0.455 e. The van der Waals surface area contributed by atoms with Gasteiger partial charge in [-0.15, -0.1) is 0 Å². The molecule has 0 saturated carbocycles. The Morgan fingerprint density at radius 2 is 1.82 bits per heavy atom. The number of carbonyl (C=O) groups excluding carboxylic acids is 3. The van der Waals surface area contributed by atoms with Crippen LogP contribution in [-0.4, -0.2) is 31.2 Å². The number of ether oxygens (including phenoxy) is 3. The van der Waals surface area contributed by atoms with Crippen molar-refractivity contribution in [3.63, 3.8) is 0 Å². The smallest absolute Gasteiger partial charge is 0.308 e. The SMILES string of the molecule is CC(=O)N[C@@H](CC(=O)OCC(=O)Nc1ccc2c(c1)OCO2)c1ccccc1. The molecule has 146 valence electrons. The second-order valence-corrected chi connectivity index (χ2v) is 6.14. The maximum atomic E-state index is 12.1. The molecule has 0 bridgehead atoms.